The minimum atomic E-state index is -0.259. The Morgan fingerprint density at radius 1 is 0.966 bits per heavy atom. The molecule has 0 atom stereocenters. The summed E-state index contributed by atoms with van der Waals surface area (Å²) in [5.41, 5.74) is 3.08. The van der Waals surface area contributed by atoms with Crippen molar-refractivity contribution in [3.8, 4) is 0 Å². The Balaban J connectivity index is 1.44. The van der Waals surface area contributed by atoms with Crippen LogP contribution in [0.4, 0.5) is 15.8 Å². The van der Waals surface area contributed by atoms with Gasteiger partial charge in [0.05, 0.1) is 5.69 Å². The van der Waals surface area contributed by atoms with Gasteiger partial charge in [0.15, 0.2) is 0 Å². The maximum absolute atomic E-state index is 13.1. The van der Waals surface area contributed by atoms with Crippen molar-refractivity contribution < 1.29 is 14.0 Å². The summed E-state index contributed by atoms with van der Waals surface area (Å²) in [7, 11) is 0. The van der Waals surface area contributed by atoms with E-state index in [1.165, 1.54) is 17.1 Å². The molecule has 0 radical (unpaired) electrons. The second-order valence-corrected chi connectivity index (χ2v) is 7.35. The van der Waals surface area contributed by atoms with Crippen LogP contribution in [0.1, 0.15) is 18.4 Å². The SMILES string of the molecule is Cc1cccc(N2N=C(C(=O)N3CCN(c4ccc(F)cc4)CC3)CCC2=O)c1. The van der Waals surface area contributed by atoms with Crippen molar-refractivity contribution >= 4 is 28.9 Å². The van der Waals surface area contributed by atoms with Crippen LogP contribution in [-0.2, 0) is 9.59 Å². The van der Waals surface area contributed by atoms with Crippen molar-refractivity contribution in [3.05, 3.63) is 59.9 Å². The van der Waals surface area contributed by atoms with Gasteiger partial charge in [-0.1, -0.05) is 12.1 Å². The molecule has 1 fully saturated rings. The first-order chi connectivity index (χ1) is 14.0. The molecule has 2 heterocycles. The molecule has 6 nitrogen and oxygen atoms in total. The highest BCUT2D eigenvalue weighted by Crippen LogP contribution is 2.22. The molecule has 0 unspecified atom stereocenters. The Morgan fingerprint density at radius 3 is 2.38 bits per heavy atom. The maximum atomic E-state index is 13.1. The van der Waals surface area contributed by atoms with Crippen LogP contribution in [-0.4, -0.2) is 48.6 Å². The third-order valence-corrected chi connectivity index (χ3v) is 5.28. The van der Waals surface area contributed by atoms with E-state index < -0.39 is 0 Å². The van der Waals surface area contributed by atoms with Crippen LogP contribution in [0, 0.1) is 12.7 Å². The van der Waals surface area contributed by atoms with Crippen LogP contribution in [0.2, 0.25) is 0 Å². The highest BCUT2D eigenvalue weighted by atomic mass is 19.1. The van der Waals surface area contributed by atoms with Gasteiger partial charge in [0.25, 0.3) is 5.91 Å². The van der Waals surface area contributed by atoms with Gasteiger partial charge < -0.3 is 9.80 Å². The van der Waals surface area contributed by atoms with Crippen LogP contribution in [0.15, 0.2) is 53.6 Å². The third kappa shape index (κ3) is 4.13. The molecule has 150 valence electrons. The summed E-state index contributed by atoms with van der Waals surface area (Å²) in [6.07, 6.45) is 0.631. The predicted molar refractivity (Wildman–Crippen MR) is 111 cm³/mol. The number of carbonyl (C=O) groups excluding carboxylic acids is 2. The van der Waals surface area contributed by atoms with Crippen LogP contribution in [0.25, 0.3) is 0 Å². The van der Waals surface area contributed by atoms with E-state index in [9.17, 15) is 14.0 Å². The lowest BCUT2D eigenvalue weighted by Crippen LogP contribution is -2.51. The molecule has 1 saturated heterocycles. The fraction of sp³-hybridized carbons (Fsp3) is 0.318. The number of anilines is 2. The quantitative estimate of drug-likeness (QED) is 0.804. The summed E-state index contributed by atoms with van der Waals surface area (Å²) in [6, 6.07) is 13.9. The van der Waals surface area contributed by atoms with Gasteiger partial charge in [0.1, 0.15) is 11.5 Å². The third-order valence-electron chi connectivity index (χ3n) is 5.28. The van der Waals surface area contributed by atoms with Crippen LogP contribution >= 0.6 is 0 Å². The van der Waals surface area contributed by atoms with E-state index in [4.69, 9.17) is 0 Å². The minimum absolute atomic E-state index is 0.103. The summed E-state index contributed by atoms with van der Waals surface area (Å²) in [5.74, 6) is -0.479. The Hall–Kier alpha value is -3.22. The Labute approximate surface area is 169 Å². The van der Waals surface area contributed by atoms with Gasteiger partial charge in [0, 0.05) is 44.7 Å². The second-order valence-electron chi connectivity index (χ2n) is 7.35. The number of carbonyl (C=O) groups is 2. The van der Waals surface area contributed by atoms with Crippen molar-refractivity contribution in [2.75, 3.05) is 36.1 Å². The highest BCUT2D eigenvalue weighted by molar-refractivity contribution is 6.40. The number of aryl methyl sites for hydroxylation is 1. The molecule has 2 aliphatic rings. The molecule has 29 heavy (non-hydrogen) atoms. The van der Waals surface area contributed by atoms with Crippen molar-refractivity contribution in [1.29, 1.82) is 0 Å². The van der Waals surface area contributed by atoms with Gasteiger partial charge in [-0.2, -0.15) is 5.10 Å². The average Bonchev–Trinajstić information content (AvgIpc) is 2.74. The number of amides is 2. The van der Waals surface area contributed by atoms with Crippen LogP contribution in [0.5, 0.6) is 0 Å². The minimum Gasteiger partial charge on any atom is -0.368 e. The zero-order valence-electron chi connectivity index (χ0n) is 16.3. The van der Waals surface area contributed by atoms with E-state index in [-0.39, 0.29) is 24.1 Å². The van der Waals surface area contributed by atoms with Gasteiger partial charge in [-0.25, -0.2) is 9.40 Å². The fourth-order valence-electron chi connectivity index (χ4n) is 3.67. The Kier molecular flexibility index (Phi) is 5.29. The number of hydrogen-bond acceptors (Lipinski definition) is 4. The fourth-order valence-corrected chi connectivity index (χ4v) is 3.67. The van der Waals surface area contributed by atoms with Crippen molar-refractivity contribution in [3.63, 3.8) is 0 Å². The summed E-state index contributed by atoms with van der Waals surface area (Å²) < 4.78 is 13.1. The molecule has 4 rings (SSSR count). The molecule has 0 N–H and O–H groups in total. The zero-order valence-corrected chi connectivity index (χ0v) is 16.3. The summed E-state index contributed by atoms with van der Waals surface area (Å²) in [4.78, 5) is 29.2. The molecule has 2 amide bonds. The first-order valence-corrected chi connectivity index (χ1v) is 9.78. The van der Waals surface area contributed by atoms with E-state index in [1.54, 1.807) is 17.0 Å². The van der Waals surface area contributed by atoms with E-state index in [0.717, 1.165) is 11.3 Å². The maximum Gasteiger partial charge on any atom is 0.270 e. The molecule has 0 spiro atoms. The molecule has 0 aromatic heterocycles. The van der Waals surface area contributed by atoms with E-state index in [0.29, 0.717) is 44.0 Å². The molecule has 2 aromatic rings. The van der Waals surface area contributed by atoms with Crippen LogP contribution < -0.4 is 9.91 Å². The number of hydrogen-bond donors (Lipinski definition) is 0. The smallest absolute Gasteiger partial charge is 0.270 e. The number of halogens is 1. The van der Waals surface area contributed by atoms with Crippen molar-refractivity contribution in [2.45, 2.75) is 19.8 Å². The molecular weight excluding hydrogens is 371 g/mol. The molecule has 0 saturated carbocycles. The Bertz CT molecular complexity index is 950. The molecule has 2 aromatic carbocycles. The largest absolute Gasteiger partial charge is 0.368 e. The molecule has 7 heteroatoms. The first kappa shape index (κ1) is 19.1. The number of benzene rings is 2. The molecule has 2 aliphatic heterocycles. The number of rotatable bonds is 3. The molecule has 0 bridgehead atoms. The standard InChI is InChI=1S/C22H23FN4O2/c1-16-3-2-4-19(15-16)27-21(28)10-9-20(24-27)22(29)26-13-11-25(12-14-26)18-7-5-17(23)6-8-18/h2-8,15H,9-14H2,1H3. The number of nitrogens with zero attached hydrogens (tertiary/aromatic N) is 4. The summed E-state index contributed by atoms with van der Waals surface area (Å²) in [6.45, 7) is 4.42. The predicted octanol–water partition coefficient (Wildman–Crippen LogP) is 2.97. The van der Waals surface area contributed by atoms with Gasteiger partial charge in [-0.05, 0) is 48.9 Å². The second kappa shape index (κ2) is 8.03. The normalized spacial score (nSPS) is 17.4. The molecule has 0 aliphatic carbocycles. The monoisotopic (exact) mass is 394 g/mol. The van der Waals surface area contributed by atoms with Crippen LogP contribution in [0.3, 0.4) is 0 Å². The molecular formula is C22H23FN4O2. The lowest BCUT2D eigenvalue weighted by Gasteiger charge is -2.36. The first-order valence-electron chi connectivity index (χ1n) is 9.78. The van der Waals surface area contributed by atoms with E-state index >= 15 is 0 Å². The number of hydrazone groups is 1. The van der Waals surface area contributed by atoms with Gasteiger partial charge in [-0.3, -0.25) is 9.59 Å². The van der Waals surface area contributed by atoms with Gasteiger partial charge >= 0.3 is 0 Å². The lowest BCUT2D eigenvalue weighted by molar-refractivity contribution is -0.124. The topological polar surface area (TPSA) is 56.2 Å². The van der Waals surface area contributed by atoms with Crippen molar-refractivity contribution in [2.24, 2.45) is 5.10 Å². The van der Waals surface area contributed by atoms with E-state index in [1.807, 2.05) is 31.2 Å². The lowest BCUT2D eigenvalue weighted by atomic mass is 10.1. The van der Waals surface area contributed by atoms with Gasteiger partial charge in [-0.15, -0.1) is 0 Å². The number of piperazine rings is 1. The van der Waals surface area contributed by atoms with Gasteiger partial charge in [0.2, 0.25) is 5.91 Å². The summed E-state index contributed by atoms with van der Waals surface area (Å²) >= 11 is 0. The zero-order chi connectivity index (χ0) is 20.4. The Morgan fingerprint density at radius 2 is 1.69 bits per heavy atom. The highest BCUT2D eigenvalue weighted by Gasteiger charge is 2.30. The average molecular weight is 394 g/mol. The van der Waals surface area contributed by atoms with Crippen molar-refractivity contribution in [1.82, 2.24) is 4.90 Å². The van der Waals surface area contributed by atoms with E-state index in [2.05, 4.69) is 10.0 Å². The summed E-state index contributed by atoms with van der Waals surface area (Å²) in [5, 5.41) is 5.74.